The summed E-state index contributed by atoms with van der Waals surface area (Å²) in [7, 11) is 4.28. The molecule has 0 aliphatic heterocycles. The summed E-state index contributed by atoms with van der Waals surface area (Å²) >= 11 is 0. The van der Waals surface area contributed by atoms with E-state index in [1.165, 1.54) is 228 Å². The van der Waals surface area contributed by atoms with Crippen molar-refractivity contribution in [1.29, 1.82) is 0 Å². The Hall–Kier alpha value is -11.6. The van der Waals surface area contributed by atoms with Crippen molar-refractivity contribution in [3.8, 4) is 44.5 Å². The van der Waals surface area contributed by atoms with Crippen LogP contribution in [0.3, 0.4) is 0 Å². The van der Waals surface area contributed by atoms with Crippen molar-refractivity contribution in [2.24, 2.45) is 14.1 Å². The van der Waals surface area contributed by atoms with Crippen molar-refractivity contribution >= 4 is 65.2 Å². The Bertz CT molecular complexity index is 6580. The SMILES string of the molecule is Cc1c2c(cc3c1CCCC3)CCCC2.Cc1c2ccccc2cc2ccccc12.Cc1cc(-c2cc(C)cc(C(C)(C)C)c2)cc(-c2cc(C(C)(C)C)cc(C(C)(C)C)c2)c1.Cc1cc(-c2ccccc2)cc(-c2ccccc2)c1.Cc1cc(C(C)(C)C)cc(C(C)(C)C)c1.Cn1c2ccc(C(C)(C)C)cc2c2cc(C(C)(C)C)ccc21.Cn1c2ccccc2c2ccccc21. The third-order valence-corrected chi connectivity index (χ3v) is 27.3. The van der Waals surface area contributed by atoms with E-state index in [1.54, 1.807) is 27.8 Å². The van der Waals surface area contributed by atoms with Crippen LogP contribution in [0.1, 0.15) is 266 Å². The van der Waals surface area contributed by atoms with Gasteiger partial charge in [-0.15, -0.1) is 0 Å². The highest BCUT2D eigenvalue weighted by Crippen LogP contribution is 2.42. The summed E-state index contributed by atoms with van der Waals surface area (Å²) in [4.78, 5) is 0. The van der Waals surface area contributed by atoms with Crippen LogP contribution >= 0.6 is 0 Å². The van der Waals surface area contributed by atoms with E-state index in [-0.39, 0.29) is 37.9 Å². The van der Waals surface area contributed by atoms with E-state index in [0.717, 1.165) is 0 Å². The van der Waals surface area contributed by atoms with Crippen molar-refractivity contribution in [2.45, 2.75) is 276 Å². The number of hydrogen-bond donors (Lipinski definition) is 0. The predicted molar refractivity (Wildman–Crippen MR) is 582 cm³/mol. The number of nitrogens with zero attached hydrogens (tertiary/aromatic N) is 2. The summed E-state index contributed by atoms with van der Waals surface area (Å²) in [5.41, 5.74) is 41.7. The minimum Gasteiger partial charge on any atom is -0.344 e. The van der Waals surface area contributed by atoms with Crippen LogP contribution in [0.15, 0.2) is 297 Å². The lowest BCUT2D eigenvalue weighted by molar-refractivity contribution is 0.567. The largest absolute Gasteiger partial charge is 0.344 e. The van der Waals surface area contributed by atoms with Crippen molar-refractivity contribution in [2.75, 3.05) is 0 Å². The fourth-order valence-corrected chi connectivity index (χ4v) is 19.1. The molecule has 0 spiro atoms. The first-order valence-corrected chi connectivity index (χ1v) is 48.9. The zero-order valence-corrected chi connectivity index (χ0v) is 85.8. The van der Waals surface area contributed by atoms with Gasteiger partial charge in [0.05, 0.1) is 0 Å². The molecular formula is C130H152N2. The normalized spacial score (nSPS) is 12.9. The van der Waals surface area contributed by atoms with Crippen molar-refractivity contribution in [3.05, 3.63) is 392 Å². The summed E-state index contributed by atoms with van der Waals surface area (Å²) in [5, 5.41) is 10.8. The molecule has 2 nitrogen and oxygen atoms in total. The molecule has 17 aromatic rings. The second-order valence-corrected chi connectivity index (χ2v) is 45.4. The number of aryl methyl sites for hydroxylation is 9. The Labute approximate surface area is 795 Å². The van der Waals surface area contributed by atoms with Crippen LogP contribution in [-0.4, -0.2) is 9.13 Å². The molecule has 15 aromatic carbocycles. The Morgan fingerprint density at radius 2 is 0.455 bits per heavy atom. The minimum atomic E-state index is 0.112. The van der Waals surface area contributed by atoms with Crippen LogP contribution in [0.4, 0.5) is 0 Å². The zero-order chi connectivity index (χ0) is 95.3. The molecule has 0 unspecified atom stereocenters. The number of hydrogen-bond acceptors (Lipinski definition) is 0. The second kappa shape index (κ2) is 40.1. The molecule has 0 saturated carbocycles. The summed E-state index contributed by atoms with van der Waals surface area (Å²) in [5.74, 6) is 0. The van der Waals surface area contributed by atoms with Gasteiger partial charge in [-0.25, -0.2) is 0 Å². The smallest absolute Gasteiger partial charge is 0.0488 e. The first kappa shape index (κ1) is 97.9. The molecule has 2 aromatic heterocycles. The van der Waals surface area contributed by atoms with E-state index in [9.17, 15) is 0 Å². The van der Waals surface area contributed by atoms with E-state index in [1.807, 2.05) is 0 Å². The van der Waals surface area contributed by atoms with Gasteiger partial charge >= 0.3 is 0 Å². The molecule has 0 atom stereocenters. The lowest BCUT2D eigenvalue weighted by atomic mass is 9.78. The molecule has 0 N–H and O–H groups in total. The van der Waals surface area contributed by atoms with Crippen molar-refractivity contribution < 1.29 is 0 Å². The molecule has 682 valence electrons. The molecule has 0 fully saturated rings. The summed E-state index contributed by atoms with van der Waals surface area (Å²) in [6.45, 7) is 61.3. The first-order valence-electron chi connectivity index (χ1n) is 48.9. The fraction of sp³-hybridized carbons (Fsp3) is 0.338. The van der Waals surface area contributed by atoms with Gasteiger partial charge in [0.15, 0.2) is 0 Å². The quantitative estimate of drug-likeness (QED) is 0.155. The predicted octanol–water partition coefficient (Wildman–Crippen LogP) is 36.8. The van der Waals surface area contributed by atoms with E-state index in [0.29, 0.717) is 0 Å². The monoisotopic (exact) mass is 1740 g/mol. The lowest BCUT2D eigenvalue weighted by Crippen LogP contribution is -2.16. The number of rotatable bonds is 4. The van der Waals surface area contributed by atoms with Gasteiger partial charge in [0.2, 0.25) is 0 Å². The molecule has 2 heterocycles. The Kier molecular flexibility index (Phi) is 29.7. The number of fused-ring (bicyclic) bond motifs is 10. The number of para-hydroxylation sites is 2. The minimum absolute atomic E-state index is 0.112. The summed E-state index contributed by atoms with van der Waals surface area (Å²) in [6.07, 6.45) is 11.0. The Morgan fingerprint density at radius 3 is 0.811 bits per heavy atom. The third-order valence-electron chi connectivity index (χ3n) is 27.3. The van der Waals surface area contributed by atoms with Crippen molar-refractivity contribution in [3.63, 3.8) is 0 Å². The average Bonchev–Trinajstić information content (AvgIpc) is 1.60. The van der Waals surface area contributed by atoms with Crippen LogP contribution in [0.2, 0.25) is 0 Å². The standard InChI is InChI=1S/C32H42.C21H27N.C19H16.C15H20.C15H12.C15H24.C13H11N/c1-21-12-23(25-14-22(2)15-27(17-25)30(3,4)5)16-24(13-21)26-18-28(31(6,7)8)20-29(19-26)32(9,10)11;1-20(2,3)14-8-10-18-16(12-14)17-13-15(21(4,5)6)9-11-19(17)22(18)7;1-15-12-18(16-8-4-2-5-9-16)14-19(13-15)17-10-6-3-7-11-17;2*1-11-14-8-4-2-6-12(14)10-13-7-3-5-9-15(11)13;1-11-8-12(14(2,3)4)10-13(9-11)15(5,6)7;1-14-12-8-4-2-6-10(12)11-7-3-5-9-13(11)14/h12-20H,1-11H3;8-13H,1-7H3;2-14H,1H3;10H,2-9H2,1H3;2-10H,1H3;8-10H,1-7H3;2-9H,1H3. The van der Waals surface area contributed by atoms with Crippen LogP contribution in [0.5, 0.6) is 0 Å². The van der Waals surface area contributed by atoms with Crippen LogP contribution in [0.25, 0.3) is 110 Å². The van der Waals surface area contributed by atoms with E-state index in [2.05, 4.69) is 507 Å². The zero-order valence-electron chi connectivity index (χ0n) is 85.8. The maximum Gasteiger partial charge on any atom is 0.0488 e. The van der Waals surface area contributed by atoms with Gasteiger partial charge in [-0.05, 0) is 335 Å². The molecule has 132 heavy (non-hydrogen) atoms. The van der Waals surface area contributed by atoms with Gasteiger partial charge in [0.1, 0.15) is 0 Å². The van der Waals surface area contributed by atoms with Gasteiger partial charge in [-0.2, -0.15) is 0 Å². The Morgan fingerprint density at radius 1 is 0.189 bits per heavy atom. The summed E-state index contributed by atoms with van der Waals surface area (Å²) < 4.78 is 4.55. The molecule has 0 amide bonds. The molecule has 0 saturated heterocycles. The van der Waals surface area contributed by atoms with Crippen LogP contribution < -0.4 is 0 Å². The molecule has 0 radical (unpaired) electrons. The van der Waals surface area contributed by atoms with Crippen LogP contribution in [-0.2, 0) is 77.7 Å². The lowest BCUT2D eigenvalue weighted by Gasteiger charge is -2.26. The molecule has 0 bridgehead atoms. The number of aromatic nitrogens is 2. The van der Waals surface area contributed by atoms with Gasteiger partial charge in [0, 0.05) is 57.7 Å². The van der Waals surface area contributed by atoms with Crippen LogP contribution in [0, 0.1) is 41.5 Å². The summed E-state index contributed by atoms with van der Waals surface area (Å²) in [6, 6.07) is 109. The van der Waals surface area contributed by atoms with Gasteiger partial charge in [-0.1, -0.05) is 399 Å². The second-order valence-electron chi connectivity index (χ2n) is 45.4. The highest BCUT2D eigenvalue weighted by Gasteiger charge is 2.26. The number of benzene rings is 15. The molecular weight excluding hydrogens is 1590 g/mol. The maximum atomic E-state index is 2.54. The molecule has 19 rings (SSSR count). The third kappa shape index (κ3) is 23.7. The Balaban J connectivity index is 0.000000134. The van der Waals surface area contributed by atoms with E-state index >= 15 is 0 Å². The maximum absolute atomic E-state index is 2.54. The highest BCUT2D eigenvalue weighted by atomic mass is 14.9. The molecule has 2 aliphatic carbocycles. The van der Waals surface area contributed by atoms with E-state index < -0.39 is 0 Å². The van der Waals surface area contributed by atoms with Gasteiger partial charge < -0.3 is 9.13 Å². The van der Waals surface area contributed by atoms with Gasteiger partial charge in [-0.3, -0.25) is 0 Å². The van der Waals surface area contributed by atoms with E-state index in [4.69, 9.17) is 0 Å². The van der Waals surface area contributed by atoms with Crippen molar-refractivity contribution in [1.82, 2.24) is 9.13 Å². The topological polar surface area (TPSA) is 9.86 Å². The highest BCUT2D eigenvalue weighted by molar-refractivity contribution is 6.09. The van der Waals surface area contributed by atoms with Gasteiger partial charge in [0.25, 0.3) is 0 Å². The molecule has 2 aliphatic rings. The fourth-order valence-electron chi connectivity index (χ4n) is 19.1. The molecule has 2 heteroatoms. The first-order chi connectivity index (χ1) is 62.2. The average molecular weight is 1740 g/mol.